The van der Waals surface area contributed by atoms with Crippen LogP contribution in [0.25, 0.3) is 0 Å². The number of nitrogens with one attached hydrogen (secondary N) is 1. The van der Waals surface area contributed by atoms with Crippen LogP contribution < -0.4 is 11.1 Å². The van der Waals surface area contributed by atoms with Gasteiger partial charge >= 0.3 is 0 Å². The number of primary amides is 1. The Morgan fingerprint density at radius 1 is 1.59 bits per heavy atom. The van der Waals surface area contributed by atoms with Gasteiger partial charge in [-0.2, -0.15) is 0 Å². The van der Waals surface area contributed by atoms with Crippen molar-refractivity contribution in [2.45, 2.75) is 31.2 Å². The Labute approximate surface area is 98.3 Å². The molecular weight excluding hydrogens is 232 g/mol. The molecule has 5 nitrogen and oxygen atoms in total. The molecule has 0 saturated carbocycles. The lowest BCUT2D eigenvalue weighted by atomic mass is 10.1. The highest BCUT2D eigenvalue weighted by molar-refractivity contribution is 5.81. The minimum Gasteiger partial charge on any atom is -0.368 e. The van der Waals surface area contributed by atoms with E-state index in [0.717, 1.165) is 0 Å². The molecule has 0 aromatic rings. The molecule has 17 heavy (non-hydrogen) atoms. The first-order chi connectivity index (χ1) is 7.94. The van der Waals surface area contributed by atoms with Gasteiger partial charge in [-0.3, -0.25) is 14.5 Å². The van der Waals surface area contributed by atoms with Crippen LogP contribution in [0.5, 0.6) is 0 Å². The van der Waals surface area contributed by atoms with Gasteiger partial charge in [0.1, 0.15) is 6.04 Å². The highest BCUT2D eigenvalue weighted by Gasteiger charge is 2.37. The molecule has 0 spiro atoms. The van der Waals surface area contributed by atoms with Crippen molar-refractivity contribution >= 4 is 12.3 Å². The molecule has 0 aromatic carbocycles. The van der Waals surface area contributed by atoms with Gasteiger partial charge in [-0.25, -0.2) is 8.78 Å². The maximum Gasteiger partial charge on any atom is 0.261 e. The van der Waals surface area contributed by atoms with Crippen molar-refractivity contribution in [3.05, 3.63) is 0 Å². The van der Waals surface area contributed by atoms with Crippen molar-refractivity contribution < 1.29 is 18.4 Å². The highest BCUT2D eigenvalue weighted by Crippen LogP contribution is 2.26. The van der Waals surface area contributed by atoms with E-state index in [-0.39, 0.29) is 13.0 Å². The van der Waals surface area contributed by atoms with Crippen molar-refractivity contribution in [3.8, 4) is 0 Å². The lowest BCUT2D eigenvalue weighted by molar-refractivity contribution is -0.122. The standard InChI is InChI=1S/C10H17F2N3O2/c11-10(12)3-5-15(6-10)4-1-2-8(9(13)17)14-7-16/h7-8H,1-6H2,(H2,13,17)(H,14,16). The maximum atomic E-state index is 12.9. The quantitative estimate of drug-likeness (QED) is 0.609. The first kappa shape index (κ1) is 13.8. The molecule has 7 heteroatoms. The zero-order valence-corrected chi connectivity index (χ0v) is 9.49. The number of carbonyl (C=O) groups excluding carboxylic acids is 2. The number of halogens is 2. The number of nitrogens with two attached hydrogens (primary N) is 1. The number of carbonyl (C=O) groups is 2. The van der Waals surface area contributed by atoms with Crippen molar-refractivity contribution in [1.82, 2.24) is 10.2 Å². The number of alkyl halides is 2. The molecule has 0 aromatic heterocycles. The third-order valence-corrected chi connectivity index (χ3v) is 2.83. The largest absolute Gasteiger partial charge is 0.368 e. The first-order valence-electron chi connectivity index (χ1n) is 5.54. The molecule has 1 aliphatic rings. The number of likely N-dealkylation sites (tertiary alicyclic amines) is 1. The Morgan fingerprint density at radius 2 is 2.29 bits per heavy atom. The molecular formula is C10H17F2N3O2. The summed E-state index contributed by atoms with van der Waals surface area (Å²) >= 11 is 0. The molecule has 1 unspecified atom stereocenters. The van der Waals surface area contributed by atoms with Crippen molar-refractivity contribution in [2.75, 3.05) is 19.6 Å². The van der Waals surface area contributed by atoms with E-state index >= 15 is 0 Å². The van der Waals surface area contributed by atoms with Crippen LogP contribution >= 0.6 is 0 Å². The predicted molar refractivity (Wildman–Crippen MR) is 57.4 cm³/mol. The van der Waals surface area contributed by atoms with Crippen LogP contribution in [-0.4, -0.2) is 48.8 Å². The van der Waals surface area contributed by atoms with Gasteiger partial charge in [0, 0.05) is 13.0 Å². The second-order valence-corrected chi connectivity index (χ2v) is 4.26. The minimum atomic E-state index is -2.59. The average Bonchev–Trinajstić information content (AvgIpc) is 2.57. The normalized spacial score (nSPS) is 21.1. The van der Waals surface area contributed by atoms with Crippen LogP contribution in [0.15, 0.2) is 0 Å². The van der Waals surface area contributed by atoms with E-state index in [4.69, 9.17) is 5.73 Å². The fraction of sp³-hybridized carbons (Fsp3) is 0.800. The van der Waals surface area contributed by atoms with E-state index in [1.165, 1.54) is 0 Å². The summed E-state index contributed by atoms with van der Waals surface area (Å²) in [7, 11) is 0. The average molecular weight is 249 g/mol. The molecule has 1 fully saturated rings. The monoisotopic (exact) mass is 249 g/mol. The molecule has 0 aliphatic carbocycles. The SMILES string of the molecule is NC(=O)C(CCCN1CCC(F)(F)C1)NC=O. The molecule has 1 saturated heterocycles. The predicted octanol–water partition coefficient (Wildman–Crippen LogP) is -0.293. The van der Waals surface area contributed by atoms with Gasteiger partial charge < -0.3 is 11.1 Å². The Balaban J connectivity index is 2.23. The minimum absolute atomic E-state index is 0.112. The molecule has 1 atom stereocenters. The number of rotatable bonds is 7. The second kappa shape index (κ2) is 5.90. The van der Waals surface area contributed by atoms with E-state index in [1.807, 2.05) is 0 Å². The van der Waals surface area contributed by atoms with Crippen molar-refractivity contribution in [2.24, 2.45) is 5.73 Å². The summed E-state index contributed by atoms with van der Waals surface area (Å²) in [4.78, 5) is 22.7. The topological polar surface area (TPSA) is 75.4 Å². The van der Waals surface area contributed by atoms with Crippen molar-refractivity contribution in [1.29, 1.82) is 0 Å². The molecule has 2 amide bonds. The third-order valence-electron chi connectivity index (χ3n) is 2.83. The Hall–Kier alpha value is -1.24. The molecule has 1 aliphatic heterocycles. The molecule has 0 bridgehead atoms. The lowest BCUT2D eigenvalue weighted by Crippen LogP contribution is -2.41. The van der Waals surface area contributed by atoms with E-state index < -0.39 is 17.9 Å². The third kappa shape index (κ3) is 4.64. The molecule has 1 rings (SSSR count). The number of hydrogen-bond acceptors (Lipinski definition) is 3. The van der Waals surface area contributed by atoms with Crippen LogP contribution in [0, 0.1) is 0 Å². The zero-order valence-electron chi connectivity index (χ0n) is 9.49. The van der Waals surface area contributed by atoms with Gasteiger partial charge in [0.15, 0.2) is 0 Å². The first-order valence-corrected chi connectivity index (χ1v) is 5.54. The Morgan fingerprint density at radius 3 is 2.76 bits per heavy atom. The molecule has 98 valence electrons. The summed E-state index contributed by atoms with van der Waals surface area (Å²) in [5.74, 6) is -3.20. The molecule has 1 heterocycles. The van der Waals surface area contributed by atoms with E-state index in [9.17, 15) is 18.4 Å². The summed E-state index contributed by atoms with van der Waals surface area (Å²) in [6.07, 6.45) is 1.22. The second-order valence-electron chi connectivity index (χ2n) is 4.26. The van der Waals surface area contributed by atoms with E-state index in [1.54, 1.807) is 4.90 Å². The van der Waals surface area contributed by atoms with Crippen LogP contribution in [0.4, 0.5) is 8.78 Å². The van der Waals surface area contributed by atoms with Crippen LogP contribution in [0.3, 0.4) is 0 Å². The molecule has 0 radical (unpaired) electrons. The van der Waals surface area contributed by atoms with Gasteiger partial charge in [-0.05, 0) is 19.4 Å². The Bertz CT molecular complexity index is 287. The van der Waals surface area contributed by atoms with Crippen LogP contribution in [0.2, 0.25) is 0 Å². The van der Waals surface area contributed by atoms with E-state index in [0.29, 0.717) is 32.3 Å². The summed E-state index contributed by atoms with van der Waals surface area (Å²) in [6.45, 7) is 0.630. The Kier molecular flexibility index (Phi) is 4.80. The summed E-state index contributed by atoms with van der Waals surface area (Å²) in [5, 5.41) is 2.30. The van der Waals surface area contributed by atoms with Crippen LogP contribution in [0.1, 0.15) is 19.3 Å². The summed E-state index contributed by atoms with van der Waals surface area (Å²) in [5.41, 5.74) is 5.07. The lowest BCUT2D eigenvalue weighted by Gasteiger charge is -2.17. The fourth-order valence-electron chi connectivity index (χ4n) is 1.91. The number of nitrogens with zero attached hydrogens (tertiary/aromatic N) is 1. The van der Waals surface area contributed by atoms with E-state index in [2.05, 4.69) is 5.32 Å². The summed E-state index contributed by atoms with van der Waals surface area (Å²) < 4.78 is 25.7. The van der Waals surface area contributed by atoms with Gasteiger partial charge in [-0.1, -0.05) is 0 Å². The zero-order chi connectivity index (χ0) is 12.9. The van der Waals surface area contributed by atoms with Gasteiger partial charge in [0.05, 0.1) is 6.54 Å². The summed E-state index contributed by atoms with van der Waals surface area (Å²) in [6, 6.07) is -0.712. The van der Waals surface area contributed by atoms with Crippen molar-refractivity contribution in [3.63, 3.8) is 0 Å². The van der Waals surface area contributed by atoms with Crippen LogP contribution in [-0.2, 0) is 9.59 Å². The van der Waals surface area contributed by atoms with Gasteiger partial charge in [0.2, 0.25) is 12.3 Å². The van der Waals surface area contributed by atoms with Gasteiger partial charge in [0.25, 0.3) is 5.92 Å². The smallest absolute Gasteiger partial charge is 0.261 e. The fourth-order valence-corrected chi connectivity index (χ4v) is 1.91. The molecule has 3 N–H and O–H groups in total. The number of hydrogen-bond donors (Lipinski definition) is 2. The van der Waals surface area contributed by atoms with Gasteiger partial charge in [-0.15, -0.1) is 0 Å². The number of amides is 2. The highest BCUT2D eigenvalue weighted by atomic mass is 19.3. The maximum absolute atomic E-state index is 12.9.